The molecule has 0 saturated carbocycles. The third kappa shape index (κ3) is 2.69. The average Bonchev–Trinajstić information content (AvgIpc) is 2.87. The predicted molar refractivity (Wildman–Crippen MR) is 88.9 cm³/mol. The van der Waals surface area contributed by atoms with E-state index in [4.69, 9.17) is 4.98 Å². The summed E-state index contributed by atoms with van der Waals surface area (Å²) in [5.41, 5.74) is 6.95. The van der Waals surface area contributed by atoms with Gasteiger partial charge in [0, 0.05) is 16.5 Å². The van der Waals surface area contributed by atoms with Crippen molar-refractivity contribution < 1.29 is 5.11 Å². The molecule has 0 aliphatic heterocycles. The molecule has 0 saturated heterocycles. The fraction of sp³-hybridized carbons (Fsp3) is 0.167. The zero-order valence-electron chi connectivity index (χ0n) is 12.3. The van der Waals surface area contributed by atoms with Crippen LogP contribution in [0.4, 0.5) is 0 Å². The molecule has 0 bridgehead atoms. The van der Waals surface area contributed by atoms with Gasteiger partial charge in [-0.05, 0) is 44.0 Å². The molecule has 0 amide bonds. The normalized spacial score (nSPS) is 10.8. The summed E-state index contributed by atoms with van der Waals surface area (Å²) < 4.78 is 0. The Hall–Kier alpha value is -2.13. The van der Waals surface area contributed by atoms with Gasteiger partial charge >= 0.3 is 0 Å². The maximum atomic E-state index is 9.59. The lowest BCUT2D eigenvalue weighted by atomic mass is 9.98. The van der Waals surface area contributed by atoms with Crippen LogP contribution < -0.4 is 0 Å². The Kier molecular flexibility index (Phi) is 3.52. The Balaban J connectivity index is 2.07. The monoisotopic (exact) mass is 295 g/mol. The van der Waals surface area contributed by atoms with Crippen LogP contribution in [0.2, 0.25) is 0 Å². The van der Waals surface area contributed by atoms with Gasteiger partial charge in [-0.15, -0.1) is 11.3 Å². The fourth-order valence-electron chi connectivity index (χ4n) is 2.74. The summed E-state index contributed by atoms with van der Waals surface area (Å²) in [6.45, 7) is 6.37. The summed E-state index contributed by atoms with van der Waals surface area (Å²) in [6.07, 6.45) is 0. The number of phenols is 1. The lowest BCUT2D eigenvalue weighted by molar-refractivity contribution is 0.475. The molecule has 21 heavy (non-hydrogen) atoms. The van der Waals surface area contributed by atoms with Crippen LogP contribution in [0.25, 0.3) is 21.8 Å². The first-order valence-corrected chi connectivity index (χ1v) is 7.76. The van der Waals surface area contributed by atoms with Gasteiger partial charge in [0.15, 0.2) is 0 Å². The van der Waals surface area contributed by atoms with Crippen molar-refractivity contribution in [3.05, 3.63) is 58.5 Å². The number of nitrogens with zero attached hydrogens (tertiary/aromatic N) is 1. The highest BCUT2D eigenvalue weighted by molar-refractivity contribution is 7.13. The van der Waals surface area contributed by atoms with Gasteiger partial charge in [0.2, 0.25) is 0 Å². The third-order valence-corrected chi connectivity index (χ3v) is 4.42. The van der Waals surface area contributed by atoms with Gasteiger partial charge < -0.3 is 5.11 Å². The molecule has 106 valence electrons. The van der Waals surface area contributed by atoms with E-state index in [1.807, 2.05) is 12.1 Å². The van der Waals surface area contributed by atoms with Crippen LogP contribution in [0, 0.1) is 20.8 Å². The SMILES string of the molecule is Cc1cc(C)c(-c2csc(-c3cccc(O)c3)n2)c(C)c1. The van der Waals surface area contributed by atoms with Crippen LogP contribution in [0.1, 0.15) is 16.7 Å². The molecule has 0 spiro atoms. The van der Waals surface area contributed by atoms with Gasteiger partial charge in [-0.1, -0.05) is 29.8 Å². The topological polar surface area (TPSA) is 33.1 Å². The van der Waals surface area contributed by atoms with Crippen LogP contribution in [0.5, 0.6) is 5.75 Å². The van der Waals surface area contributed by atoms with Gasteiger partial charge in [0.05, 0.1) is 5.69 Å². The summed E-state index contributed by atoms with van der Waals surface area (Å²) >= 11 is 1.61. The van der Waals surface area contributed by atoms with Crippen LogP contribution in [0.3, 0.4) is 0 Å². The number of aromatic nitrogens is 1. The van der Waals surface area contributed by atoms with Crippen molar-refractivity contribution in [2.45, 2.75) is 20.8 Å². The van der Waals surface area contributed by atoms with Crippen molar-refractivity contribution >= 4 is 11.3 Å². The van der Waals surface area contributed by atoms with Gasteiger partial charge in [-0.2, -0.15) is 0 Å². The number of rotatable bonds is 2. The number of benzene rings is 2. The molecule has 0 atom stereocenters. The highest BCUT2D eigenvalue weighted by atomic mass is 32.1. The molecule has 3 rings (SSSR count). The second kappa shape index (κ2) is 5.34. The zero-order chi connectivity index (χ0) is 15.0. The van der Waals surface area contributed by atoms with E-state index < -0.39 is 0 Å². The largest absolute Gasteiger partial charge is 0.508 e. The second-order valence-electron chi connectivity index (χ2n) is 5.36. The van der Waals surface area contributed by atoms with Crippen molar-refractivity contribution in [2.24, 2.45) is 0 Å². The summed E-state index contributed by atoms with van der Waals surface area (Å²) in [4.78, 5) is 4.75. The summed E-state index contributed by atoms with van der Waals surface area (Å²) in [5, 5.41) is 12.6. The van der Waals surface area contributed by atoms with Gasteiger partial charge in [-0.3, -0.25) is 0 Å². The molecule has 0 aliphatic rings. The van der Waals surface area contributed by atoms with Crippen LogP contribution in [-0.4, -0.2) is 10.1 Å². The third-order valence-electron chi connectivity index (χ3n) is 3.53. The standard InChI is InChI=1S/C18H17NOS/c1-11-7-12(2)17(13(3)8-11)16-10-21-18(19-16)14-5-4-6-15(20)9-14/h4-10,20H,1-3H3. The maximum absolute atomic E-state index is 9.59. The molecule has 1 N–H and O–H groups in total. The van der Waals surface area contributed by atoms with Crippen LogP contribution >= 0.6 is 11.3 Å². The molecule has 0 unspecified atom stereocenters. The van der Waals surface area contributed by atoms with Crippen molar-refractivity contribution in [1.29, 1.82) is 0 Å². The lowest BCUT2D eigenvalue weighted by Gasteiger charge is -2.08. The smallest absolute Gasteiger partial charge is 0.124 e. The van der Waals surface area contributed by atoms with Crippen molar-refractivity contribution in [2.75, 3.05) is 0 Å². The number of thiazole rings is 1. The van der Waals surface area contributed by atoms with E-state index in [1.54, 1.807) is 23.5 Å². The molecule has 3 aromatic rings. The first kappa shape index (κ1) is 13.8. The second-order valence-corrected chi connectivity index (χ2v) is 6.22. The molecule has 0 aliphatic carbocycles. The molecule has 0 fully saturated rings. The average molecular weight is 295 g/mol. The Morgan fingerprint density at radius 1 is 1.00 bits per heavy atom. The number of hydrogen-bond donors (Lipinski definition) is 1. The van der Waals surface area contributed by atoms with Crippen molar-refractivity contribution in [1.82, 2.24) is 4.98 Å². The summed E-state index contributed by atoms with van der Waals surface area (Å²) in [6, 6.07) is 11.6. The number of aromatic hydroxyl groups is 1. The molecular weight excluding hydrogens is 278 g/mol. The quantitative estimate of drug-likeness (QED) is 0.713. The Morgan fingerprint density at radius 3 is 2.38 bits per heavy atom. The van der Waals surface area contributed by atoms with E-state index in [9.17, 15) is 5.11 Å². The zero-order valence-corrected chi connectivity index (χ0v) is 13.2. The minimum atomic E-state index is 0.270. The van der Waals surface area contributed by atoms with E-state index in [0.717, 1.165) is 16.3 Å². The molecule has 3 heteroatoms. The van der Waals surface area contributed by atoms with Gasteiger partial charge in [-0.25, -0.2) is 4.98 Å². The highest BCUT2D eigenvalue weighted by Crippen LogP contribution is 2.33. The van der Waals surface area contributed by atoms with Crippen LogP contribution in [-0.2, 0) is 0 Å². The van der Waals surface area contributed by atoms with E-state index >= 15 is 0 Å². The number of aryl methyl sites for hydroxylation is 3. The molecule has 1 heterocycles. The fourth-order valence-corrected chi connectivity index (χ4v) is 3.55. The summed E-state index contributed by atoms with van der Waals surface area (Å²) in [7, 11) is 0. The molecule has 1 aromatic heterocycles. The van der Waals surface area contributed by atoms with Gasteiger partial charge in [0.1, 0.15) is 10.8 Å². The lowest BCUT2D eigenvalue weighted by Crippen LogP contribution is -1.90. The first-order chi connectivity index (χ1) is 10.0. The van der Waals surface area contributed by atoms with Crippen LogP contribution in [0.15, 0.2) is 41.8 Å². The Bertz CT molecular complexity index is 781. The minimum absolute atomic E-state index is 0.270. The van der Waals surface area contributed by atoms with E-state index in [1.165, 1.54) is 22.3 Å². The Morgan fingerprint density at radius 2 is 1.71 bits per heavy atom. The molecule has 0 radical (unpaired) electrons. The predicted octanol–water partition coefficient (Wildman–Crippen LogP) is 5.11. The number of phenolic OH excluding ortho intramolecular Hbond substituents is 1. The van der Waals surface area contributed by atoms with E-state index in [2.05, 4.69) is 38.3 Å². The first-order valence-electron chi connectivity index (χ1n) is 6.88. The molecule has 2 aromatic carbocycles. The highest BCUT2D eigenvalue weighted by Gasteiger charge is 2.11. The summed E-state index contributed by atoms with van der Waals surface area (Å²) in [5.74, 6) is 0.270. The van der Waals surface area contributed by atoms with Gasteiger partial charge in [0.25, 0.3) is 0 Å². The number of hydrogen-bond acceptors (Lipinski definition) is 3. The van der Waals surface area contributed by atoms with Crippen molar-refractivity contribution in [3.63, 3.8) is 0 Å². The van der Waals surface area contributed by atoms with Crippen molar-refractivity contribution in [3.8, 4) is 27.6 Å². The molecular formula is C18H17NOS. The maximum Gasteiger partial charge on any atom is 0.124 e. The minimum Gasteiger partial charge on any atom is -0.508 e. The Labute approximate surface area is 128 Å². The van der Waals surface area contributed by atoms with E-state index in [0.29, 0.717) is 0 Å². The molecule has 2 nitrogen and oxygen atoms in total. The van der Waals surface area contributed by atoms with E-state index in [-0.39, 0.29) is 5.75 Å².